The normalized spacial score (nSPS) is 31.0. The summed E-state index contributed by atoms with van der Waals surface area (Å²) in [5.74, 6) is -0.534. The number of halogens is 3. The Balaban J connectivity index is 2.08. The van der Waals surface area contributed by atoms with E-state index >= 15 is 0 Å². The van der Waals surface area contributed by atoms with Gasteiger partial charge < -0.3 is 15.0 Å². The molecule has 98 valence electrons. The van der Waals surface area contributed by atoms with Crippen molar-refractivity contribution in [3.05, 3.63) is 0 Å². The molecule has 2 aliphatic rings. The molecule has 0 aliphatic carbocycles. The summed E-state index contributed by atoms with van der Waals surface area (Å²) >= 11 is 0. The van der Waals surface area contributed by atoms with Crippen molar-refractivity contribution < 1.29 is 22.7 Å². The molecule has 1 atom stereocenters. The van der Waals surface area contributed by atoms with Crippen molar-refractivity contribution in [3.63, 3.8) is 0 Å². The van der Waals surface area contributed by atoms with Crippen LogP contribution in [0.3, 0.4) is 0 Å². The Labute approximate surface area is 97.1 Å². The molecular weight excluding hydrogens is 237 g/mol. The summed E-state index contributed by atoms with van der Waals surface area (Å²) in [6.45, 7) is 0.0817. The minimum absolute atomic E-state index is 0.0140. The number of nitrogens with zero attached hydrogens (tertiary/aromatic N) is 1. The summed E-state index contributed by atoms with van der Waals surface area (Å²) in [4.78, 5) is 12.9. The topological polar surface area (TPSA) is 41.6 Å². The molecule has 0 radical (unpaired) electrons. The maximum Gasteiger partial charge on any atom is 0.406 e. The van der Waals surface area contributed by atoms with Gasteiger partial charge in [0.1, 0.15) is 6.54 Å². The van der Waals surface area contributed by atoms with Crippen LogP contribution in [0.5, 0.6) is 0 Å². The lowest BCUT2D eigenvalue weighted by molar-refractivity contribution is -0.194. The number of piperidine rings is 1. The molecule has 1 amide bonds. The zero-order chi connectivity index (χ0) is 12.5. The van der Waals surface area contributed by atoms with Gasteiger partial charge >= 0.3 is 6.18 Å². The molecule has 2 saturated heterocycles. The first-order valence-corrected chi connectivity index (χ1v) is 5.64. The highest BCUT2D eigenvalue weighted by atomic mass is 19.4. The monoisotopic (exact) mass is 252 g/mol. The van der Waals surface area contributed by atoms with Crippen LogP contribution in [-0.2, 0) is 9.53 Å². The average molecular weight is 252 g/mol. The van der Waals surface area contributed by atoms with Crippen molar-refractivity contribution >= 4 is 5.91 Å². The molecule has 1 N–H and O–H groups in total. The number of amides is 1. The van der Waals surface area contributed by atoms with Gasteiger partial charge in [0, 0.05) is 13.1 Å². The maximum atomic E-state index is 12.3. The van der Waals surface area contributed by atoms with Crippen LogP contribution in [-0.4, -0.2) is 55.4 Å². The standard InChI is InChI=1S/C10H15F3N2O2/c11-10(12,13)7-15-4-5-17-9(8(15)16)2-1-3-14-6-9/h14H,1-7H2/t9-/m1/s1. The van der Waals surface area contributed by atoms with Crippen molar-refractivity contribution in [1.29, 1.82) is 0 Å². The van der Waals surface area contributed by atoms with Gasteiger partial charge in [0.25, 0.3) is 5.91 Å². The van der Waals surface area contributed by atoms with Crippen molar-refractivity contribution in [3.8, 4) is 0 Å². The van der Waals surface area contributed by atoms with Gasteiger partial charge in [-0.2, -0.15) is 13.2 Å². The number of nitrogens with one attached hydrogen (secondary N) is 1. The van der Waals surface area contributed by atoms with Gasteiger partial charge in [0.2, 0.25) is 0 Å². The quantitative estimate of drug-likeness (QED) is 0.740. The van der Waals surface area contributed by atoms with E-state index in [1.807, 2.05) is 0 Å². The molecule has 0 saturated carbocycles. The number of ether oxygens (including phenoxy) is 1. The number of alkyl halides is 3. The predicted octanol–water partition coefficient (Wildman–Crippen LogP) is 0.530. The predicted molar refractivity (Wildman–Crippen MR) is 53.4 cm³/mol. The second-order valence-corrected chi connectivity index (χ2v) is 4.46. The molecule has 4 nitrogen and oxygen atoms in total. The summed E-state index contributed by atoms with van der Waals surface area (Å²) in [6.07, 6.45) is -3.12. The summed E-state index contributed by atoms with van der Waals surface area (Å²) in [5, 5.41) is 3.01. The maximum absolute atomic E-state index is 12.3. The first-order chi connectivity index (χ1) is 7.93. The Kier molecular flexibility index (Phi) is 3.31. The smallest absolute Gasteiger partial charge is 0.362 e. The summed E-state index contributed by atoms with van der Waals surface area (Å²) in [6, 6.07) is 0. The van der Waals surface area contributed by atoms with E-state index in [0.717, 1.165) is 17.9 Å². The second kappa shape index (κ2) is 4.45. The fourth-order valence-corrected chi connectivity index (χ4v) is 2.35. The van der Waals surface area contributed by atoms with Crippen molar-refractivity contribution in [2.45, 2.75) is 24.6 Å². The molecule has 2 heterocycles. The van der Waals surface area contributed by atoms with E-state index in [1.165, 1.54) is 0 Å². The summed E-state index contributed by atoms with van der Waals surface area (Å²) < 4.78 is 42.4. The van der Waals surface area contributed by atoms with Gasteiger partial charge in [-0.25, -0.2) is 0 Å². The molecule has 7 heteroatoms. The molecule has 0 aromatic rings. The van der Waals surface area contributed by atoms with E-state index in [1.54, 1.807) is 0 Å². The molecular formula is C10H15F3N2O2. The lowest BCUT2D eigenvalue weighted by atomic mass is 9.91. The zero-order valence-electron chi connectivity index (χ0n) is 9.35. The van der Waals surface area contributed by atoms with E-state index in [2.05, 4.69) is 5.32 Å². The second-order valence-electron chi connectivity index (χ2n) is 4.46. The van der Waals surface area contributed by atoms with Crippen molar-refractivity contribution in [1.82, 2.24) is 10.2 Å². The van der Waals surface area contributed by atoms with Crippen LogP contribution in [0.15, 0.2) is 0 Å². The van der Waals surface area contributed by atoms with Crippen LogP contribution in [0.25, 0.3) is 0 Å². The minimum Gasteiger partial charge on any atom is -0.362 e. The van der Waals surface area contributed by atoms with E-state index in [4.69, 9.17) is 4.74 Å². The van der Waals surface area contributed by atoms with Crippen LogP contribution in [0.4, 0.5) is 13.2 Å². The number of rotatable bonds is 1. The van der Waals surface area contributed by atoms with Crippen LogP contribution in [0, 0.1) is 0 Å². The Morgan fingerprint density at radius 1 is 1.47 bits per heavy atom. The number of hydrogen-bond donors (Lipinski definition) is 1. The van der Waals surface area contributed by atoms with E-state index in [-0.39, 0.29) is 13.2 Å². The molecule has 2 aliphatic heterocycles. The highest BCUT2D eigenvalue weighted by molar-refractivity contribution is 5.86. The van der Waals surface area contributed by atoms with Gasteiger partial charge in [-0.1, -0.05) is 0 Å². The van der Waals surface area contributed by atoms with Crippen LogP contribution >= 0.6 is 0 Å². The molecule has 0 bridgehead atoms. The minimum atomic E-state index is -4.35. The van der Waals surface area contributed by atoms with Crippen molar-refractivity contribution in [2.75, 3.05) is 32.8 Å². The van der Waals surface area contributed by atoms with Gasteiger partial charge in [-0.15, -0.1) is 0 Å². The molecule has 0 aromatic carbocycles. The fraction of sp³-hybridized carbons (Fsp3) is 0.900. The lowest BCUT2D eigenvalue weighted by Crippen LogP contribution is -2.63. The van der Waals surface area contributed by atoms with Crippen LogP contribution < -0.4 is 5.32 Å². The molecule has 0 aromatic heterocycles. The third-order valence-corrected chi connectivity index (χ3v) is 3.13. The molecule has 2 fully saturated rings. The summed E-state index contributed by atoms with van der Waals surface area (Å²) in [5.41, 5.74) is -1.07. The number of carbonyl (C=O) groups excluding carboxylic acids is 1. The van der Waals surface area contributed by atoms with Gasteiger partial charge in [-0.05, 0) is 19.4 Å². The largest absolute Gasteiger partial charge is 0.406 e. The van der Waals surface area contributed by atoms with Gasteiger partial charge in [0.15, 0.2) is 5.60 Å². The third-order valence-electron chi connectivity index (χ3n) is 3.13. The lowest BCUT2D eigenvalue weighted by Gasteiger charge is -2.43. The Morgan fingerprint density at radius 2 is 2.24 bits per heavy atom. The Morgan fingerprint density at radius 3 is 2.82 bits per heavy atom. The first kappa shape index (κ1) is 12.6. The molecule has 2 rings (SSSR count). The summed E-state index contributed by atoms with van der Waals surface area (Å²) in [7, 11) is 0. The Hall–Kier alpha value is -0.820. The molecule has 0 unspecified atom stereocenters. The van der Waals surface area contributed by atoms with E-state index < -0.39 is 24.2 Å². The van der Waals surface area contributed by atoms with Gasteiger partial charge in [-0.3, -0.25) is 4.79 Å². The SMILES string of the molecule is O=C1N(CC(F)(F)F)CCO[C@@]12CCCNC2. The molecule has 1 spiro atoms. The van der Waals surface area contributed by atoms with Crippen LogP contribution in [0.2, 0.25) is 0 Å². The fourth-order valence-electron chi connectivity index (χ4n) is 2.35. The molecule has 17 heavy (non-hydrogen) atoms. The number of morpholine rings is 1. The highest BCUT2D eigenvalue weighted by Crippen LogP contribution is 2.28. The third kappa shape index (κ3) is 2.71. The number of carbonyl (C=O) groups is 1. The van der Waals surface area contributed by atoms with E-state index in [0.29, 0.717) is 13.0 Å². The zero-order valence-corrected chi connectivity index (χ0v) is 9.35. The average Bonchev–Trinajstić information content (AvgIpc) is 2.25. The van der Waals surface area contributed by atoms with E-state index in [9.17, 15) is 18.0 Å². The van der Waals surface area contributed by atoms with Crippen molar-refractivity contribution in [2.24, 2.45) is 0 Å². The Bertz CT molecular complexity index is 295. The first-order valence-electron chi connectivity index (χ1n) is 5.64. The van der Waals surface area contributed by atoms with Gasteiger partial charge in [0.05, 0.1) is 6.61 Å². The highest BCUT2D eigenvalue weighted by Gasteiger charge is 2.48. The number of hydrogen-bond acceptors (Lipinski definition) is 3. The van der Waals surface area contributed by atoms with Crippen LogP contribution in [0.1, 0.15) is 12.8 Å².